The van der Waals surface area contributed by atoms with Gasteiger partial charge >= 0.3 is 0 Å². The van der Waals surface area contributed by atoms with Crippen molar-refractivity contribution in [1.29, 1.82) is 0 Å². The van der Waals surface area contributed by atoms with Crippen LogP contribution in [0.5, 0.6) is 0 Å². The van der Waals surface area contributed by atoms with E-state index in [1.165, 1.54) is 12.1 Å². The zero-order valence-corrected chi connectivity index (χ0v) is 8.91. The van der Waals surface area contributed by atoms with E-state index >= 15 is 0 Å². The van der Waals surface area contributed by atoms with Crippen LogP contribution in [0.25, 0.3) is 21.8 Å². The Kier molecular flexibility index (Phi) is 1.74. The summed E-state index contributed by atoms with van der Waals surface area (Å²) in [5.41, 5.74) is 3.32. The van der Waals surface area contributed by atoms with Crippen molar-refractivity contribution in [3.8, 4) is 0 Å². The monoisotopic (exact) mass is 216 g/mol. The lowest BCUT2D eigenvalue weighted by molar-refractivity contribution is 0.315. The van der Waals surface area contributed by atoms with Gasteiger partial charge in [0, 0.05) is 0 Å². The molecule has 0 saturated carbocycles. The maximum Gasteiger partial charge on any atom is 0.139 e. The summed E-state index contributed by atoms with van der Waals surface area (Å²) in [4.78, 5) is 0. The Hall–Kier alpha value is -1.97. The van der Waals surface area contributed by atoms with E-state index in [0.29, 0.717) is 5.52 Å². The molecule has 0 atom stereocenters. The summed E-state index contributed by atoms with van der Waals surface area (Å²) < 4.78 is 17.9. The third-order valence-corrected chi connectivity index (χ3v) is 2.99. The highest BCUT2D eigenvalue weighted by atomic mass is 19.1. The molecule has 0 bridgehead atoms. The van der Waals surface area contributed by atoms with Crippen LogP contribution in [0, 0.1) is 19.7 Å². The molecule has 80 valence electrons. The fourth-order valence-corrected chi connectivity index (χ4v) is 2.09. The zero-order chi connectivity index (χ0) is 11.3. The number of halogens is 1. The summed E-state index contributed by atoms with van der Waals surface area (Å²) in [6, 6.07) is 4.74. The van der Waals surface area contributed by atoms with Crippen molar-refractivity contribution in [2.75, 3.05) is 0 Å². The summed E-state index contributed by atoms with van der Waals surface area (Å²) in [6.45, 7) is 3.83. The lowest BCUT2D eigenvalue weighted by Gasteiger charge is -2.05. The van der Waals surface area contributed by atoms with Gasteiger partial charge in [-0.15, -0.1) is 0 Å². The first kappa shape index (κ1) is 9.27. The molecule has 0 amide bonds. The minimum Gasteiger partial charge on any atom is -0.243 e. The molecular weight excluding hydrogens is 207 g/mol. The van der Waals surface area contributed by atoms with Crippen LogP contribution in [0.2, 0.25) is 0 Å². The molecule has 16 heavy (non-hydrogen) atoms. The molecule has 0 spiro atoms. The van der Waals surface area contributed by atoms with Gasteiger partial charge in [0.15, 0.2) is 0 Å². The second-order valence-corrected chi connectivity index (χ2v) is 3.90. The predicted octanol–water partition coefficient (Wildman–Crippen LogP) is 3.13. The second kappa shape index (κ2) is 3.01. The largest absolute Gasteiger partial charge is 0.243 e. The predicted molar refractivity (Wildman–Crippen MR) is 58.7 cm³/mol. The van der Waals surface area contributed by atoms with Crippen LogP contribution in [0.1, 0.15) is 11.1 Å². The summed E-state index contributed by atoms with van der Waals surface area (Å²) in [5, 5.41) is 9.57. The fraction of sp³-hybridized carbons (Fsp3) is 0.167. The van der Waals surface area contributed by atoms with Crippen LogP contribution >= 0.6 is 0 Å². The molecule has 3 rings (SSSR count). The summed E-state index contributed by atoms with van der Waals surface area (Å²) in [5.74, 6) is -0.245. The van der Waals surface area contributed by atoms with Gasteiger partial charge in [0.05, 0.1) is 0 Å². The van der Waals surface area contributed by atoms with Gasteiger partial charge in [0.1, 0.15) is 16.9 Å². The fourth-order valence-electron chi connectivity index (χ4n) is 2.09. The van der Waals surface area contributed by atoms with Crippen LogP contribution in [0.4, 0.5) is 4.39 Å². The number of nitrogens with zero attached hydrogens (tertiary/aromatic N) is 2. The van der Waals surface area contributed by atoms with Crippen molar-refractivity contribution < 1.29 is 9.02 Å². The first-order valence-corrected chi connectivity index (χ1v) is 4.99. The van der Waals surface area contributed by atoms with Gasteiger partial charge in [-0.05, 0) is 58.2 Å². The van der Waals surface area contributed by atoms with Crippen LogP contribution in [-0.2, 0) is 0 Å². The summed E-state index contributed by atoms with van der Waals surface area (Å²) in [7, 11) is 0. The molecule has 0 fully saturated rings. The molecule has 0 aliphatic rings. The smallest absolute Gasteiger partial charge is 0.139 e. The van der Waals surface area contributed by atoms with Gasteiger partial charge < -0.3 is 0 Å². The summed E-state index contributed by atoms with van der Waals surface area (Å²) in [6.07, 6.45) is 0. The molecule has 0 aliphatic carbocycles. The number of rotatable bonds is 0. The quantitative estimate of drug-likeness (QED) is 0.579. The van der Waals surface area contributed by atoms with Crippen molar-refractivity contribution in [3.05, 3.63) is 35.1 Å². The molecule has 0 saturated heterocycles. The van der Waals surface area contributed by atoms with Crippen molar-refractivity contribution in [2.45, 2.75) is 13.8 Å². The van der Waals surface area contributed by atoms with Crippen molar-refractivity contribution in [3.63, 3.8) is 0 Å². The van der Waals surface area contributed by atoms with E-state index < -0.39 is 0 Å². The Bertz CT molecular complexity index is 703. The Balaban J connectivity index is 2.64. The molecule has 0 radical (unpaired) electrons. The van der Waals surface area contributed by atoms with E-state index in [0.717, 1.165) is 27.4 Å². The normalized spacial score (nSPS) is 11.4. The van der Waals surface area contributed by atoms with E-state index in [-0.39, 0.29) is 5.82 Å². The molecule has 3 nitrogen and oxygen atoms in total. The second-order valence-electron chi connectivity index (χ2n) is 3.90. The molecule has 2 aromatic carbocycles. The van der Waals surface area contributed by atoms with Gasteiger partial charge in [0.25, 0.3) is 0 Å². The molecule has 1 aromatic heterocycles. The van der Waals surface area contributed by atoms with Gasteiger partial charge in [-0.25, -0.2) is 9.02 Å². The van der Waals surface area contributed by atoms with Gasteiger partial charge in [0.2, 0.25) is 0 Å². The number of fused-ring (bicyclic) bond motifs is 2. The Morgan fingerprint density at radius 1 is 1.00 bits per heavy atom. The first-order chi connectivity index (χ1) is 7.68. The van der Waals surface area contributed by atoms with E-state index in [1.807, 2.05) is 13.8 Å². The number of hydrogen-bond acceptors (Lipinski definition) is 3. The highest BCUT2D eigenvalue weighted by molar-refractivity contribution is 6.02. The Morgan fingerprint density at radius 2 is 1.62 bits per heavy atom. The Morgan fingerprint density at radius 3 is 2.31 bits per heavy atom. The van der Waals surface area contributed by atoms with Crippen molar-refractivity contribution in [2.24, 2.45) is 0 Å². The maximum absolute atomic E-state index is 13.2. The minimum atomic E-state index is -0.245. The molecule has 1 heterocycles. The van der Waals surface area contributed by atoms with Crippen LogP contribution in [0.15, 0.2) is 22.8 Å². The first-order valence-electron chi connectivity index (χ1n) is 4.99. The van der Waals surface area contributed by atoms with Crippen LogP contribution < -0.4 is 0 Å². The molecule has 0 N–H and O–H groups in total. The number of benzene rings is 2. The number of aryl methyl sites for hydroxylation is 2. The van der Waals surface area contributed by atoms with E-state index in [4.69, 9.17) is 4.63 Å². The topological polar surface area (TPSA) is 38.9 Å². The summed E-state index contributed by atoms with van der Waals surface area (Å²) >= 11 is 0. The highest BCUT2D eigenvalue weighted by Crippen LogP contribution is 2.30. The molecule has 0 aliphatic heterocycles. The van der Waals surface area contributed by atoms with Crippen LogP contribution in [-0.4, -0.2) is 10.3 Å². The molecular formula is C12H9FN2O. The van der Waals surface area contributed by atoms with E-state index in [2.05, 4.69) is 10.3 Å². The number of hydrogen-bond donors (Lipinski definition) is 0. The van der Waals surface area contributed by atoms with Gasteiger partial charge in [-0.3, -0.25) is 0 Å². The standard InChI is InChI=1S/C12H9FN2O/c1-6-9-4-3-8(13)5-10(9)7(2)12-11(6)14-16-15-12/h3-5H,1-2H3. The van der Waals surface area contributed by atoms with E-state index in [9.17, 15) is 4.39 Å². The van der Waals surface area contributed by atoms with Crippen LogP contribution in [0.3, 0.4) is 0 Å². The third kappa shape index (κ3) is 1.07. The molecule has 0 unspecified atom stereocenters. The van der Waals surface area contributed by atoms with E-state index in [1.54, 1.807) is 6.07 Å². The lowest BCUT2D eigenvalue weighted by Crippen LogP contribution is -1.88. The average molecular weight is 216 g/mol. The van der Waals surface area contributed by atoms with Gasteiger partial charge in [-0.2, -0.15) is 0 Å². The zero-order valence-electron chi connectivity index (χ0n) is 8.91. The minimum absolute atomic E-state index is 0.245. The maximum atomic E-state index is 13.2. The molecule has 3 aromatic rings. The van der Waals surface area contributed by atoms with Crippen molar-refractivity contribution >= 4 is 21.8 Å². The average Bonchev–Trinajstić information content (AvgIpc) is 2.75. The highest BCUT2D eigenvalue weighted by Gasteiger charge is 2.13. The molecule has 4 heteroatoms. The lowest BCUT2D eigenvalue weighted by atomic mass is 9.99. The SMILES string of the molecule is Cc1c2ccc(F)cc2c(C)c2nonc12. The number of aromatic nitrogens is 2. The van der Waals surface area contributed by atoms with Gasteiger partial charge in [-0.1, -0.05) is 6.07 Å². The van der Waals surface area contributed by atoms with Crippen molar-refractivity contribution in [1.82, 2.24) is 10.3 Å². The third-order valence-electron chi connectivity index (χ3n) is 2.99. The Labute approximate surface area is 90.8 Å².